The molecular formula is C16H11BrF3NO2. The lowest BCUT2D eigenvalue weighted by atomic mass is 10.1. The summed E-state index contributed by atoms with van der Waals surface area (Å²) in [5.74, 6) is -0.979. The highest BCUT2D eigenvalue weighted by Gasteiger charge is 2.34. The van der Waals surface area contributed by atoms with Gasteiger partial charge in [0.1, 0.15) is 5.75 Å². The van der Waals surface area contributed by atoms with Crippen LogP contribution in [-0.4, -0.2) is 17.2 Å². The predicted molar refractivity (Wildman–Crippen MR) is 80.8 cm³/mol. The molecule has 0 bridgehead atoms. The molecule has 0 saturated heterocycles. The van der Waals surface area contributed by atoms with E-state index in [1.165, 1.54) is 23.1 Å². The lowest BCUT2D eigenvalue weighted by molar-refractivity contribution is -0.274. The average molecular weight is 386 g/mol. The smallest absolute Gasteiger partial charge is 0.405 e. The van der Waals surface area contributed by atoms with Crippen molar-refractivity contribution in [3.63, 3.8) is 0 Å². The van der Waals surface area contributed by atoms with Crippen molar-refractivity contribution in [1.82, 2.24) is 4.90 Å². The molecule has 7 heteroatoms. The van der Waals surface area contributed by atoms with Crippen LogP contribution >= 0.6 is 15.9 Å². The molecular weight excluding hydrogens is 375 g/mol. The molecule has 2 aromatic carbocycles. The van der Waals surface area contributed by atoms with Crippen LogP contribution in [0.4, 0.5) is 13.2 Å². The Kier molecular flexibility index (Phi) is 4.06. The normalized spacial score (nSPS) is 13.8. The Morgan fingerprint density at radius 1 is 1.09 bits per heavy atom. The maximum atomic E-state index is 12.6. The summed E-state index contributed by atoms with van der Waals surface area (Å²) in [6.45, 7) is 0.698. The van der Waals surface area contributed by atoms with E-state index in [9.17, 15) is 18.0 Å². The lowest BCUT2D eigenvalue weighted by Gasteiger charge is -2.18. The zero-order valence-corrected chi connectivity index (χ0v) is 13.3. The van der Waals surface area contributed by atoms with Gasteiger partial charge in [-0.2, -0.15) is 0 Å². The van der Waals surface area contributed by atoms with E-state index in [0.29, 0.717) is 13.1 Å². The molecule has 0 atom stereocenters. The number of rotatable bonds is 2. The fraction of sp³-hybridized carbons (Fsp3) is 0.188. The van der Waals surface area contributed by atoms with Gasteiger partial charge in [-0.25, -0.2) is 0 Å². The second-order valence-corrected chi connectivity index (χ2v) is 5.94. The topological polar surface area (TPSA) is 29.5 Å². The number of amides is 1. The zero-order valence-electron chi connectivity index (χ0n) is 11.7. The number of ether oxygens (including phenoxy) is 1. The molecule has 0 unspecified atom stereocenters. The van der Waals surface area contributed by atoms with Gasteiger partial charge in [0.25, 0.3) is 5.91 Å². The van der Waals surface area contributed by atoms with Gasteiger partial charge in [-0.15, -0.1) is 13.2 Å². The third kappa shape index (κ3) is 3.34. The Morgan fingerprint density at radius 2 is 1.83 bits per heavy atom. The third-order valence-corrected chi connectivity index (χ3v) is 4.30. The summed E-state index contributed by atoms with van der Waals surface area (Å²) in [7, 11) is 0. The molecule has 2 aromatic rings. The van der Waals surface area contributed by atoms with Crippen molar-refractivity contribution in [2.75, 3.05) is 0 Å². The molecule has 1 amide bonds. The van der Waals surface area contributed by atoms with Crippen LogP contribution < -0.4 is 4.74 Å². The molecule has 23 heavy (non-hydrogen) atoms. The second-order valence-electron chi connectivity index (χ2n) is 5.08. The molecule has 3 nitrogen and oxygen atoms in total. The average Bonchev–Trinajstić information content (AvgIpc) is 2.91. The number of carbonyl (C=O) groups is 1. The van der Waals surface area contributed by atoms with Crippen LogP contribution in [0.5, 0.6) is 5.75 Å². The molecule has 3 rings (SSSR count). The molecule has 0 fully saturated rings. The molecule has 1 heterocycles. The van der Waals surface area contributed by atoms with Gasteiger partial charge in [0.15, 0.2) is 0 Å². The van der Waals surface area contributed by atoms with Gasteiger partial charge in [0, 0.05) is 17.6 Å². The number of alkyl halides is 3. The van der Waals surface area contributed by atoms with Crippen molar-refractivity contribution in [3.05, 3.63) is 63.6 Å². The van der Waals surface area contributed by atoms with Gasteiger partial charge >= 0.3 is 6.36 Å². The quantitative estimate of drug-likeness (QED) is 0.761. The number of para-hydroxylation sites is 1. The van der Waals surface area contributed by atoms with Gasteiger partial charge < -0.3 is 9.64 Å². The van der Waals surface area contributed by atoms with E-state index in [2.05, 4.69) is 20.7 Å². The van der Waals surface area contributed by atoms with E-state index in [4.69, 9.17) is 0 Å². The lowest BCUT2D eigenvalue weighted by Crippen LogP contribution is -2.27. The molecule has 0 N–H and O–H groups in total. The summed E-state index contributed by atoms with van der Waals surface area (Å²) >= 11 is 3.42. The Hall–Kier alpha value is -2.02. The Morgan fingerprint density at radius 3 is 2.52 bits per heavy atom. The van der Waals surface area contributed by atoms with Crippen LogP contribution in [0, 0.1) is 0 Å². The van der Waals surface area contributed by atoms with Gasteiger partial charge in [-0.3, -0.25) is 4.79 Å². The van der Waals surface area contributed by atoms with Crippen molar-refractivity contribution in [2.45, 2.75) is 19.5 Å². The molecule has 1 aliphatic heterocycles. The standard InChI is InChI=1S/C16H11BrF3NO2/c17-13-6-3-4-10-8-21(9-12(10)13)15(22)11-5-1-2-7-14(11)23-16(18,19)20/h1-7H,8-9H2. The van der Waals surface area contributed by atoms with E-state index >= 15 is 0 Å². The first-order valence-electron chi connectivity index (χ1n) is 6.75. The molecule has 1 aliphatic rings. The highest BCUT2D eigenvalue weighted by atomic mass is 79.9. The van der Waals surface area contributed by atoms with E-state index in [0.717, 1.165) is 21.7 Å². The SMILES string of the molecule is O=C(c1ccccc1OC(F)(F)F)N1Cc2cccc(Br)c2C1. The summed E-state index contributed by atoms with van der Waals surface area (Å²) in [5, 5.41) is 0. The number of benzene rings is 2. The second kappa shape index (κ2) is 5.88. The number of carbonyl (C=O) groups excluding carboxylic acids is 1. The van der Waals surface area contributed by atoms with Crippen molar-refractivity contribution in [3.8, 4) is 5.75 Å². The maximum absolute atomic E-state index is 12.6. The minimum atomic E-state index is -4.84. The number of fused-ring (bicyclic) bond motifs is 1. The molecule has 0 radical (unpaired) electrons. The van der Waals surface area contributed by atoms with Gasteiger partial charge in [0.05, 0.1) is 5.56 Å². The number of nitrogens with zero attached hydrogens (tertiary/aromatic N) is 1. The van der Waals surface area contributed by atoms with E-state index in [-0.39, 0.29) is 5.56 Å². The molecule has 0 aromatic heterocycles. The Labute approximate surface area is 138 Å². The first kappa shape index (κ1) is 15.9. The van der Waals surface area contributed by atoms with E-state index in [1.54, 1.807) is 0 Å². The van der Waals surface area contributed by atoms with Gasteiger partial charge in [-0.05, 0) is 29.3 Å². The molecule has 120 valence electrons. The summed E-state index contributed by atoms with van der Waals surface area (Å²) in [5.41, 5.74) is 1.84. The fourth-order valence-electron chi connectivity index (χ4n) is 2.55. The van der Waals surface area contributed by atoms with Crippen LogP contribution in [0.15, 0.2) is 46.9 Å². The number of hydrogen-bond acceptors (Lipinski definition) is 2. The van der Waals surface area contributed by atoms with Crippen LogP contribution in [0.2, 0.25) is 0 Å². The number of halogens is 4. The minimum absolute atomic E-state index is 0.103. The minimum Gasteiger partial charge on any atom is -0.405 e. The van der Waals surface area contributed by atoms with Crippen LogP contribution in [0.3, 0.4) is 0 Å². The van der Waals surface area contributed by atoms with Crippen LogP contribution in [-0.2, 0) is 13.1 Å². The van der Waals surface area contributed by atoms with Gasteiger partial charge in [0.2, 0.25) is 0 Å². The largest absolute Gasteiger partial charge is 0.573 e. The molecule has 0 aliphatic carbocycles. The monoisotopic (exact) mass is 385 g/mol. The van der Waals surface area contributed by atoms with Crippen molar-refractivity contribution in [2.24, 2.45) is 0 Å². The van der Waals surface area contributed by atoms with E-state index in [1.807, 2.05) is 18.2 Å². The van der Waals surface area contributed by atoms with Gasteiger partial charge in [-0.1, -0.05) is 40.2 Å². The summed E-state index contributed by atoms with van der Waals surface area (Å²) in [6.07, 6.45) is -4.84. The van der Waals surface area contributed by atoms with Crippen molar-refractivity contribution in [1.29, 1.82) is 0 Å². The van der Waals surface area contributed by atoms with Crippen molar-refractivity contribution >= 4 is 21.8 Å². The zero-order chi connectivity index (χ0) is 16.6. The predicted octanol–water partition coefficient (Wildman–Crippen LogP) is 4.50. The molecule has 0 spiro atoms. The van der Waals surface area contributed by atoms with Crippen LogP contribution in [0.25, 0.3) is 0 Å². The number of hydrogen-bond donors (Lipinski definition) is 0. The highest BCUT2D eigenvalue weighted by Crippen LogP contribution is 2.32. The highest BCUT2D eigenvalue weighted by molar-refractivity contribution is 9.10. The van der Waals surface area contributed by atoms with Crippen LogP contribution in [0.1, 0.15) is 21.5 Å². The first-order valence-corrected chi connectivity index (χ1v) is 7.55. The Balaban J connectivity index is 1.87. The summed E-state index contributed by atoms with van der Waals surface area (Å²) in [6, 6.07) is 11.0. The van der Waals surface area contributed by atoms with E-state index < -0.39 is 18.0 Å². The summed E-state index contributed by atoms with van der Waals surface area (Å²) in [4.78, 5) is 14.1. The fourth-order valence-corrected chi connectivity index (χ4v) is 3.08. The first-order chi connectivity index (χ1) is 10.8. The Bertz CT molecular complexity index is 761. The summed E-state index contributed by atoms with van der Waals surface area (Å²) < 4.78 is 42.3. The van der Waals surface area contributed by atoms with Crippen molar-refractivity contribution < 1.29 is 22.7 Å². The maximum Gasteiger partial charge on any atom is 0.573 e. The molecule has 0 saturated carbocycles. The third-order valence-electron chi connectivity index (χ3n) is 3.56.